The van der Waals surface area contributed by atoms with E-state index in [2.05, 4.69) is 5.32 Å². The maximum Gasteiger partial charge on any atom is 0.175 e. The van der Waals surface area contributed by atoms with Gasteiger partial charge in [0.2, 0.25) is 0 Å². The van der Waals surface area contributed by atoms with Gasteiger partial charge in [-0.2, -0.15) is 0 Å². The molecule has 1 aromatic rings. The van der Waals surface area contributed by atoms with Crippen LogP contribution in [0, 0.1) is 0 Å². The Bertz CT molecular complexity index is 447. The number of nitrogens with one attached hydrogen (secondary N) is 1. The third kappa shape index (κ3) is 2.99. The molecule has 1 heterocycles. The molecule has 0 spiro atoms. The number of benzene rings is 1. The molecule has 0 radical (unpaired) electrons. The van der Waals surface area contributed by atoms with E-state index in [1.807, 2.05) is 23.9 Å². The molecule has 0 bridgehead atoms. The molecule has 2 rings (SSSR count). The lowest BCUT2D eigenvalue weighted by Gasteiger charge is -2.08. The third-order valence-corrected chi connectivity index (χ3v) is 4.98. The van der Waals surface area contributed by atoms with E-state index < -0.39 is 9.84 Å². The summed E-state index contributed by atoms with van der Waals surface area (Å²) in [5.74, 6) is 0. The first-order valence-corrected chi connectivity index (χ1v) is 8.00. The Morgan fingerprint density at radius 3 is 2.50 bits per heavy atom. The second-order valence-corrected chi connectivity index (χ2v) is 7.37. The SMILES string of the molecule is CS(=O)(=O)c1ccc(SC2CCNC2)cc1. The van der Waals surface area contributed by atoms with Gasteiger partial charge in [0.15, 0.2) is 9.84 Å². The van der Waals surface area contributed by atoms with Crippen LogP contribution in [0.5, 0.6) is 0 Å². The molecule has 0 aromatic heterocycles. The highest BCUT2D eigenvalue weighted by molar-refractivity contribution is 8.00. The average Bonchev–Trinajstić information content (AvgIpc) is 2.70. The van der Waals surface area contributed by atoms with Crippen LogP contribution in [-0.2, 0) is 9.84 Å². The van der Waals surface area contributed by atoms with Gasteiger partial charge in [0.1, 0.15) is 0 Å². The van der Waals surface area contributed by atoms with E-state index in [0.29, 0.717) is 10.1 Å². The number of hydrogen-bond acceptors (Lipinski definition) is 4. The number of thioether (sulfide) groups is 1. The largest absolute Gasteiger partial charge is 0.316 e. The van der Waals surface area contributed by atoms with Crippen LogP contribution in [0.25, 0.3) is 0 Å². The van der Waals surface area contributed by atoms with Crippen LogP contribution in [0.3, 0.4) is 0 Å². The molecule has 0 saturated carbocycles. The summed E-state index contributed by atoms with van der Waals surface area (Å²) in [5.41, 5.74) is 0. The second-order valence-electron chi connectivity index (χ2n) is 3.98. The van der Waals surface area contributed by atoms with Gasteiger partial charge in [0.05, 0.1) is 4.90 Å². The molecule has 0 aliphatic carbocycles. The molecule has 16 heavy (non-hydrogen) atoms. The topological polar surface area (TPSA) is 46.2 Å². The summed E-state index contributed by atoms with van der Waals surface area (Å²) in [6.45, 7) is 2.12. The zero-order valence-corrected chi connectivity index (χ0v) is 10.8. The molecule has 1 aliphatic heterocycles. The molecule has 3 nitrogen and oxygen atoms in total. The molecule has 1 N–H and O–H groups in total. The third-order valence-electron chi connectivity index (χ3n) is 2.57. The van der Waals surface area contributed by atoms with Crippen molar-refractivity contribution in [2.45, 2.75) is 21.5 Å². The van der Waals surface area contributed by atoms with Gasteiger partial charge >= 0.3 is 0 Å². The van der Waals surface area contributed by atoms with Gasteiger partial charge < -0.3 is 5.32 Å². The van der Waals surface area contributed by atoms with Crippen molar-refractivity contribution < 1.29 is 8.42 Å². The maximum atomic E-state index is 11.3. The van der Waals surface area contributed by atoms with Gasteiger partial charge in [0, 0.05) is 22.9 Å². The van der Waals surface area contributed by atoms with E-state index in [0.717, 1.165) is 18.0 Å². The van der Waals surface area contributed by atoms with E-state index in [9.17, 15) is 8.42 Å². The number of rotatable bonds is 3. The summed E-state index contributed by atoms with van der Waals surface area (Å²) in [7, 11) is -3.07. The summed E-state index contributed by atoms with van der Waals surface area (Å²) in [4.78, 5) is 1.53. The molecule has 1 aliphatic rings. The quantitative estimate of drug-likeness (QED) is 0.892. The van der Waals surface area contributed by atoms with Crippen LogP contribution >= 0.6 is 11.8 Å². The van der Waals surface area contributed by atoms with Crippen LogP contribution in [0.15, 0.2) is 34.1 Å². The fourth-order valence-electron chi connectivity index (χ4n) is 1.69. The van der Waals surface area contributed by atoms with E-state index >= 15 is 0 Å². The molecular weight excluding hydrogens is 242 g/mol. The molecular formula is C11H15NO2S2. The Balaban J connectivity index is 2.07. The maximum absolute atomic E-state index is 11.3. The Kier molecular flexibility index (Phi) is 3.56. The van der Waals surface area contributed by atoms with Gasteiger partial charge in [-0.15, -0.1) is 11.8 Å². The predicted octanol–water partition coefficient (Wildman–Crippen LogP) is 1.54. The highest BCUT2D eigenvalue weighted by Gasteiger charge is 2.15. The fraction of sp³-hybridized carbons (Fsp3) is 0.455. The lowest BCUT2D eigenvalue weighted by molar-refractivity contribution is 0.602. The van der Waals surface area contributed by atoms with Crippen molar-refractivity contribution in [3.63, 3.8) is 0 Å². The minimum atomic E-state index is -3.07. The summed E-state index contributed by atoms with van der Waals surface area (Å²) in [6, 6.07) is 7.14. The zero-order valence-electron chi connectivity index (χ0n) is 9.14. The first-order valence-electron chi connectivity index (χ1n) is 5.23. The smallest absolute Gasteiger partial charge is 0.175 e. The average molecular weight is 257 g/mol. The van der Waals surface area contributed by atoms with Gasteiger partial charge in [-0.25, -0.2) is 8.42 Å². The van der Waals surface area contributed by atoms with E-state index in [1.165, 1.54) is 12.7 Å². The molecule has 1 fully saturated rings. The second kappa shape index (κ2) is 4.77. The molecule has 1 atom stereocenters. The van der Waals surface area contributed by atoms with Crippen molar-refractivity contribution >= 4 is 21.6 Å². The summed E-state index contributed by atoms with van der Waals surface area (Å²) in [6.07, 6.45) is 2.41. The Morgan fingerprint density at radius 2 is 2.00 bits per heavy atom. The normalized spacial score (nSPS) is 21.2. The summed E-state index contributed by atoms with van der Waals surface area (Å²) < 4.78 is 22.5. The van der Waals surface area contributed by atoms with Crippen LogP contribution in [0.4, 0.5) is 0 Å². The lowest BCUT2D eigenvalue weighted by atomic mass is 10.4. The van der Waals surface area contributed by atoms with Crippen molar-refractivity contribution in [2.24, 2.45) is 0 Å². The monoisotopic (exact) mass is 257 g/mol. The Morgan fingerprint density at radius 1 is 1.31 bits per heavy atom. The lowest BCUT2D eigenvalue weighted by Crippen LogP contribution is -2.09. The first kappa shape index (κ1) is 12.0. The van der Waals surface area contributed by atoms with Gasteiger partial charge in [-0.05, 0) is 37.2 Å². The minimum Gasteiger partial charge on any atom is -0.316 e. The van der Waals surface area contributed by atoms with Crippen LogP contribution in [-0.4, -0.2) is 33.0 Å². The van der Waals surface area contributed by atoms with Crippen LogP contribution in [0.1, 0.15) is 6.42 Å². The van der Waals surface area contributed by atoms with Gasteiger partial charge in [0.25, 0.3) is 0 Å². The summed E-state index contributed by atoms with van der Waals surface area (Å²) in [5, 5.41) is 3.93. The molecule has 0 amide bonds. The highest BCUT2D eigenvalue weighted by Crippen LogP contribution is 2.27. The van der Waals surface area contributed by atoms with Crippen molar-refractivity contribution in [1.82, 2.24) is 5.32 Å². The first-order chi connectivity index (χ1) is 7.55. The molecule has 1 saturated heterocycles. The Hall–Kier alpha value is -0.520. The van der Waals surface area contributed by atoms with E-state index in [-0.39, 0.29) is 0 Å². The van der Waals surface area contributed by atoms with Crippen molar-refractivity contribution in [1.29, 1.82) is 0 Å². The molecule has 1 aromatic carbocycles. The fourth-order valence-corrected chi connectivity index (χ4v) is 3.43. The zero-order chi connectivity index (χ0) is 11.6. The van der Waals surface area contributed by atoms with Gasteiger partial charge in [-0.1, -0.05) is 0 Å². The Labute approximate surface area is 101 Å². The standard InChI is InChI=1S/C11H15NO2S2/c1-16(13,14)11-4-2-9(3-5-11)15-10-6-7-12-8-10/h2-5,10,12H,6-8H2,1H3. The van der Waals surface area contributed by atoms with Crippen LogP contribution in [0.2, 0.25) is 0 Å². The molecule has 88 valence electrons. The van der Waals surface area contributed by atoms with E-state index in [4.69, 9.17) is 0 Å². The molecule has 5 heteroatoms. The van der Waals surface area contributed by atoms with E-state index in [1.54, 1.807) is 12.1 Å². The minimum absolute atomic E-state index is 0.390. The predicted molar refractivity (Wildman–Crippen MR) is 66.7 cm³/mol. The number of hydrogen-bond donors (Lipinski definition) is 1. The highest BCUT2D eigenvalue weighted by atomic mass is 32.2. The summed E-state index contributed by atoms with van der Waals surface area (Å²) >= 11 is 1.81. The van der Waals surface area contributed by atoms with Gasteiger partial charge in [-0.3, -0.25) is 0 Å². The number of sulfone groups is 1. The van der Waals surface area contributed by atoms with Crippen molar-refractivity contribution in [3.05, 3.63) is 24.3 Å². The van der Waals surface area contributed by atoms with Crippen molar-refractivity contribution in [2.75, 3.05) is 19.3 Å². The molecule has 1 unspecified atom stereocenters. The van der Waals surface area contributed by atoms with Crippen LogP contribution < -0.4 is 5.32 Å². The van der Waals surface area contributed by atoms with Crippen molar-refractivity contribution in [3.8, 4) is 0 Å².